The molecular weight excluding hydrogens is 320 g/mol. The van der Waals surface area contributed by atoms with Gasteiger partial charge in [-0.1, -0.05) is 6.07 Å². The van der Waals surface area contributed by atoms with E-state index in [0.29, 0.717) is 42.3 Å². The van der Waals surface area contributed by atoms with E-state index < -0.39 is 5.92 Å². The molecule has 0 saturated heterocycles. The van der Waals surface area contributed by atoms with E-state index in [1.54, 1.807) is 19.2 Å². The van der Waals surface area contributed by atoms with Crippen molar-refractivity contribution >= 4 is 5.78 Å². The number of rotatable bonds is 4. The number of Topliss-reactive ketones (excluding diaryl/α,β-unsaturated/α-hetero) is 1. The van der Waals surface area contributed by atoms with Crippen LogP contribution in [0, 0.1) is 11.3 Å². The Labute approximate surface area is 146 Å². The summed E-state index contributed by atoms with van der Waals surface area (Å²) in [6.45, 7) is 2.40. The molecule has 3 rings (SSSR count). The maximum Gasteiger partial charge on any atom is 0.205 e. The second-order valence-corrected chi connectivity index (χ2v) is 5.88. The molecule has 1 aliphatic carbocycles. The third-order valence-electron chi connectivity index (χ3n) is 4.43. The van der Waals surface area contributed by atoms with Crippen LogP contribution >= 0.6 is 0 Å². The molecule has 130 valence electrons. The van der Waals surface area contributed by atoms with Gasteiger partial charge in [-0.2, -0.15) is 5.26 Å². The van der Waals surface area contributed by atoms with Crippen LogP contribution in [0.5, 0.6) is 11.5 Å². The molecule has 0 amide bonds. The van der Waals surface area contributed by atoms with E-state index in [4.69, 9.17) is 19.9 Å². The molecule has 25 heavy (non-hydrogen) atoms. The van der Waals surface area contributed by atoms with Crippen LogP contribution in [0.3, 0.4) is 0 Å². The van der Waals surface area contributed by atoms with Gasteiger partial charge in [0.1, 0.15) is 17.4 Å². The molecule has 1 atom stereocenters. The van der Waals surface area contributed by atoms with Gasteiger partial charge in [-0.3, -0.25) is 4.79 Å². The Morgan fingerprint density at radius 2 is 2.16 bits per heavy atom. The smallest absolute Gasteiger partial charge is 0.205 e. The third kappa shape index (κ3) is 2.93. The third-order valence-corrected chi connectivity index (χ3v) is 4.43. The first-order valence-corrected chi connectivity index (χ1v) is 8.25. The number of nitrogens with two attached hydrogens (primary N) is 1. The molecular formula is C19H20N2O4. The van der Waals surface area contributed by atoms with E-state index in [-0.39, 0.29) is 17.2 Å². The fourth-order valence-corrected chi connectivity index (χ4v) is 3.33. The maximum atomic E-state index is 12.5. The minimum Gasteiger partial charge on any atom is -0.493 e. The van der Waals surface area contributed by atoms with E-state index >= 15 is 0 Å². The second kappa shape index (κ2) is 6.89. The lowest BCUT2D eigenvalue weighted by Crippen LogP contribution is -2.27. The zero-order chi connectivity index (χ0) is 18.0. The Morgan fingerprint density at radius 3 is 2.84 bits per heavy atom. The molecule has 0 radical (unpaired) electrons. The van der Waals surface area contributed by atoms with Gasteiger partial charge < -0.3 is 19.9 Å². The summed E-state index contributed by atoms with van der Waals surface area (Å²) in [5.41, 5.74) is 7.49. The average molecular weight is 340 g/mol. The van der Waals surface area contributed by atoms with Crippen molar-refractivity contribution in [1.29, 1.82) is 5.26 Å². The highest BCUT2D eigenvalue weighted by Gasteiger charge is 2.38. The van der Waals surface area contributed by atoms with Crippen molar-refractivity contribution in [2.45, 2.75) is 32.1 Å². The van der Waals surface area contributed by atoms with Crippen LogP contribution in [-0.2, 0) is 9.53 Å². The van der Waals surface area contributed by atoms with Crippen molar-refractivity contribution in [2.24, 2.45) is 5.73 Å². The number of hydrogen-bond donors (Lipinski definition) is 1. The number of carbonyl (C=O) groups is 1. The summed E-state index contributed by atoms with van der Waals surface area (Å²) in [4.78, 5) is 12.5. The Balaban J connectivity index is 2.14. The highest BCUT2D eigenvalue weighted by atomic mass is 16.5. The number of hydrogen-bond acceptors (Lipinski definition) is 6. The molecule has 0 fully saturated rings. The largest absolute Gasteiger partial charge is 0.493 e. The van der Waals surface area contributed by atoms with Crippen LogP contribution in [0.2, 0.25) is 0 Å². The van der Waals surface area contributed by atoms with Crippen molar-refractivity contribution in [3.05, 3.63) is 46.6 Å². The molecule has 0 bridgehead atoms. The van der Waals surface area contributed by atoms with Gasteiger partial charge in [0, 0.05) is 18.4 Å². The molecule has 0 spiro atoms. The van der Waals surface area contributed by atoms with Crippen LogP contribution in [0.15, 0.2) is 41.0 Å². The lowest BCUT2D eigenvalue weighted by atomic mass is 9.77. The summed E-state index contributed by atoms with van der Waals surface area (Å²) in [6.07, 6.45) is 1.82. The van der Waals surface area contributed by atoms with Gasteiger partial charge in [-0.25, -0.2) is 0 Å². The summed E-state index contributed by atoms with van der Waals surface area (Å²) >= 11 is 0. The molecule has 0 aromatic heterocycles. The predicted octanol–water partition coefficient (Wildman–Crippen LogP) is 2.91. The normalized spacial score (nSPS) is 19.9. The molecule has 6 nitrogen and oxygen atoms in total. The molecule has 0 unspecified atom stereocenters. The summed E-state index contributed by atoms with van der Waals surface area (Å²) in [5, 5.41) is 9.58. The zero-order valence-electron chi connectivity index (χ0n) is 14.3. The van der Waals surface area contributed by atoms with Crippen molar-refractivity contribution in [1.82, 2.24) is 0 Å². The molecule has 6 heteroatoms. The molecule has 1 aromatic rings. The zero-order valence-corrected chi connectivity index (χ0v) is 14.3. The standard InChI is InChI=1S/C19H20N2O4/c1-3-24-14-8-7-11(9-16(14)23-2)17-12(10-20)19(21)25-15-6-4-5-13(22)18(15)17/h7-9,17H,3-6,21H2,1-2H3/t17-/m1/s1. The number of benzene rings is 1. The monoisotopic (exact) mass is 340 g/mol. The first-order valence-electron chi connectivity index (χ1n) is 8.25. The van der Waals surface area contributed by atoms with Crippen molar-refractivity contribution < 1.29 is 19.0 Å². The highest BCUT2D eigenvalue weighted by molar-refractivity contribution is 5.99. The van der Waals surface area contributed by atoms with Crippen LogP contribution in [-0.4, -0.2) is 19.5 Å². The van der Waals surface area contributed by atoms with Gasteiger partial charge >= 0.3 is 0 Å². The number of nitriles is 1. The maximum absolute atomic E-state index is 12.5. The lowest BCUT2D eigenvalue weighted by Gasteiger charge is -2.31. The molecule has 1 heterocycles. The minimum absolute atomic E-state index is 0.000600. The number of nitrogens with zero attached hydrogens (tertiary/aromatic N) is 1. The van der Waals surface area contributed by atoms with E-state index in [1.807, 2.05) is 13.0 Å². The first kappa shape index (κ1) is 16.9. The van der Waals surface area contributed by atoms with Gasteiger partial charge in [-0.15, -0.1) is 0 Å². The topological polar surface area (TPSA) is 94.6 Å². The predicted molar refractivity (Wildman–Crippen MR) is 90.7 cm³/mol. The number of ether oxygens (including phenoxy) is 3. The van der Waals surface area contributed by atoms with E-state index in [1.165, 1.54) is 0 Å². The minimum atomic E-state index is -0.536. The SMILES string of the molecule is CCOc1ccc([C@@H]2C(C#N)=C(N)OC3=C2C(=O)CCC3)cc1OC. The first-order chi connectivity index (χ1) is 12.1. The number of allylic oxidation sites excluding steroid dienone is 3. The Hall–Kier alpha value is -2.94. The molecule has 2 aliphatic rings. The number of carbonyl (C=O) groups excluding carboxylic acids is 1. The van der Waals surface area contributed by atoms with Gasteiger partial charge in [0.2, 0.25) is 5.88 Å². The highest BCUT2D eigenvalue weighted by Crippen LogP contribution is 2.44. The molecule has 1 aromatic carbocycles. The lowest BCUT2D eigenvalue weighted by molar-refractivity contribution is -0.116. The molecule has 2 N–H and O–H groups in total. The summed E-state index contributed by atoms with van der Waals surface area (Å²) in [7, 11) is 1.55. The van der Waals surface area contributed by atoms with Crippen molar-refractivity contribution in [3.63, 3.8) is 0 Å². The van der Waals surface area contributed by atoms with Crippen LogP contribution in [0.1, 0.15) is 37.7 Å². The quantitative estimate of drug-likeness (QED) is 0.905. The average Bonchev–Trinajstić information content (AvgIpc) is 2.61. The van der Waals surface area contributed by atoms with Crippen LogP contribution < -0.4 is 15.2 Å². The summed E-state index contributed by atoms with van der Waals surface area (Å²) < 4.78 is 16.5. The van der Waals surface area contributed by atoms with Gasteiger partial charge in [0.15, 0.2) is 17.3 Å². The summed E-state index contributed by atoms with van der Waals surface area (Å²) in [6, 6.07) is 7.51. The Morgan fingerprint density at radius 1 is 1.36 bits per heavy atom. The fraction of sp³-hybridized carbons (Fsp3) is 0.368. The molecule has 0 saturated carbocycles. The van der Waals surface area contributed by atoms with Gasteiger partial charge in [0.05, 0.1) is 19.6 Å². The van der Waals surface area contributed by atoms with Gasteiger partial charge in [-0.05, 0) is 31.0 Å². The molecule has 1 aliphatic heterocycles. The number of methoxy groups -OCH3 is 1. The van der Waals surface area contributed by atoms with E-state index in [0.717, 1.165) is 12.0 Å². The van der Waals surface area contributed by atoms with Crippen molar-refractivity contribution in [2.75, 3.05) is 13.7 Å². The van der Waals surface area contributed by atoms with E-state index in [9.17, 15) is 10.1 Å². The van der Waals surface area contributed by atoms with Crippen molar-refractivity contribution in [3.8, 4) is 17.6 Å². The van der Waals surface area contributed by atoms with E-state index in [2.05, 4.69) is 6.07 Å². The van der Waals surface area contributed by atoms with Gasteiger partial charge in [0.25, 0.3) is 0 Å². The fourth-order valence-electron chi connectivity index (χ4n) is 3.33. The Kier molecular flexibility index (Phi) is 4.66. The second-order valence-electron chi connectivity index (χ2n) is 5.88. The van der Waals surface area contributed by atoms with Crippen LogP contribution in [0.4, 0.5) is 0 Å². The Bertz CT molecular complexity index is 817. The number of ketones is 1. The van der Waals surface area contributed by atoms with Crippen LogP contribution in [0.25, 0.3) is 0 Å². The summed E-state index contributed by atoms with van der Waals surface area (Å²) in [5.74, 6) is 1.26.